The number of nitrogens with two attached hydrogens (primary N) is 1. The Labute approximate surface area is 166 Å². The van der Waals surface area contributed by atoms with Crippen LogP contribution in [0.3, 0.4) is 0 Å². The first-order chi connectivity index (χ1) is 13.1. The van der Waals surface area contributed by atoms with Gasteiger partial charge in [-0.1, -0.05) is 31.5 Å². The second-order valence-corrected chi connectivity index (χ2v) is 8.22. The number of aryl methyl sites for hydroxylation is 4. The SMILES string of the molecule is CCCCc1nc2c(N)nc(C)c(C)c2n1CCCCSc1ccccc1. The molecule has 0 saturated heterocycles. The van der Waals surface area contributed by atoms with Gasteiger partial charge >= 0.3 is 0 Å². The van der Waals surface area contributed by atoms with Gasteiger partial charge in [0.1, 0.15) is 11.3 Å². The Hall–Kier alpha value is -2.01. The number of benzene rings is 1. The maximum absolute atomic E-state index is 6.19. The highest BCUT2D eigenvalue weighted by atomic mass is 32.2. The average molecular weight is 383 g/mol. The molecule has 0 saturated carbocycles. The molecule has 144 valence electrons. The van der Waals surface area contributed by atoms with Crippen molar-refractivity contribution in [1.82, 2.24) is 14.5 Å². The molecule has 0 radical (unpaired) electrons. The summed E-state index contributed by atoms with van der Waals surface area (Å²) in [6, 6.07) is 10.6. The van der Waals surface area contributed by atoms with Gasteiger partial charge in [-0.2, -0.15) is 0 Å². The fourth-order valence-corrected chi connectivity index (χ4v) is 4.33. The molecular weight excluding hydrogens is 352 g/mol. The lowest BCUT2D eigenvalue weighted by atomic mass is 10.2. The van der Waals surface area contributed by atoms with Gasteiger partial charge in [0, 0.05) is 23.6 Å². The van der Waals surface area contributed by atoms with Gasteiger partial charge in [-0.15, -0.1) is 11.8 Å². The molecule has 0 amide bonds. The first-order valence-electron chi connectivity index (χ1n) is 9.91. The molecule has 0 unspecified atom stereocenters. The summed E-state index contributed by atoms with van der Waals surface area (Å²) in [5.41, 5.74) is 10.5. The van der Waals surface area contributed by atoms with Gasteiger partial charge in [-0.3, -0.25) is 0 Å². The summed E-state index contributed by atoms with van der Waals surface area (Å²) in [4.78, 5) is 10.7. The van der Waals surface area contributed by atoms with E-state index in [1.54, 1.807) is 0 Å². The van der Waals surface area contributed by atoms with Crippen molar-refractivity contribution in [2.75, 3.05) is 11.5 Å². The predicted octanol–water partition coefficient (Wildman–Crippen LogP) is 5.55. The fraction of sp³-hybridized carbons (Fsp3) is 0.455. The number of rotatable bonds is 9. The van der Waals surface area contributed by atoms with Gasteiger partial charge in [0.2, 0.25) is 0 Å². The van der Waals surface area contributed by atoms with E-state index in [1.165, 1.54) is 28.8 Å². The van der Waals surface area contributed by atoms with E-state index in [-0.39, 0.29) is 0 Å². The molecular formula is C22H30N4S. The number of anilines is 1. The number of hydrogen-bond donors (Lipinski definition) is 1. The van der Waals surface area contributed by atoms with Crippen molar-refractivity contribution >= 4 is 28.6 Å². The Morgan fingerprint density at radius 1 is 1.04 bits per heavy atom. The molecule has 1 aromatic carbocycles. The zero-order valence-electron chi connectivity index (χ0n) is 16.7. The summed E-state index contributed by atoms with van der Waals surface area (Å²) >= 11 is 1.93. The second-order valence-electron chi connectivity index (χ2n) is 7.06. The minimum Gasteiger partial charge on any atom is -0.382 e. The maximum Gasteiger partial charge on any atom is 0.151 e. The minimum absolute atomic E-state index is 0.559. The van der Waals surface area contributed by atoms with E-state index >= 15 is 0 Å². The third kappa shape index (κ3) is 4.64. The molecule has 27 heavy (non-hydrogen) atoms. The van der Waals surface area contributed by atoms with Crippen LogP contribution in [-0.4, -0.2) is 20.3 Å². The van der Waals surface area contributed by atoms with Crippen LogP contribution in [0.15, 0.2) is 35.2 Å². The average Bonchev–Trinajstić information content (AvgIpc) is 3.04. The van der Waals surface area contributed by atoms with E-state index < -0.39 is 0 Å². The summed E-state index contributed by atoms with van der Waals surface area (Å²) in [7, 11) is 0. The highest BCUT2D eigenvalue weighted by Gasteiger charge is 2.17. The minimum atomic E-state index is 0.559. The second kappa shape index (κ2) is 9.27. The smallest absolute Gasteiger partial charge is 0.151 e. The highest BCUT2D eigenvalue weighted by Crippen LogP contribution is 2.27. The molecule has 3 rings (SSSR count). The van der Waals surface area contributed by atoms with E-state index in [9.17, 15) is 0 Å². The third-order valence-corrected chi connectivity index (χ3v) is 6.12. The first-order valence-corrected chi connectivity index (χ1v) is 10.9. The molecule has 0 spiro atoms. The molecule has 0 fully saturated rings. The van der Waals surface area contributed by atoms with Crippen molar-refractivity contribution in [2.45, 2.75) is 64.3 Å². The van der Waals surface area contributed by atoms with Crippen LogP contribution in [0.4, 0.5) is 5.82 Å². The molecule has 0 aliphatic carbocycles. The number of unbranched alkanes of at least 4 members (excludes halogenated alkanes) is 2. The Balaban J connectivity index is 1.73. The Kier molecular flexibility index (Phi) is 6.78. The Bertz CT molecular complexity index is 886. The van der Waals surface area contributed by atoms with E-state index in [4.69, 9.17) is 10.7 Å². The molecule has 2 aromatic heterocycles. The molecule has 2 N–H and O–H groups in total. The molecule has 3 aromatic rings. The number of aromatic nitrogens is 3. The first kappa shape index (κ1) is 19.7. The van der Waals surface area contributed by atoms with Crippen LogP contribution in [0.25, 0.3) is 11.0 Å². The molecule has 0 bridgehead atoms. The maximum atomic E-state index is 6.19. The number of nitrogens with zero attached hydrogens (tertiary/aromatic N) is 3. The number of fused-ring (bicyclic) bond motifs is 1. The number of hydrogen-bond acceptors (Lipinski definition) is 4. The van der Waals surface area contributed by atoms with Crippen LogP contribution in [0.2, 0.25) is 0 Å². The van der Waals surface area contributed by atoms with Crippen molar-refractivity contribution < 1.29 is 0 Å². The Morgan fingerprint density at radius 3 is 2.56 bits per heavy atom. The van der Waals surface area contributed by atoms with Gasteiger partial charge in [0.05, 0.1) is 5.52 Å². The van der Waals surface area contributed by atoms with Crippen molar-refractivity contribution in [1.29, 1.82) is 0 Å². The largest absolute Gasteiger partial charge is 0.382 e. The monoisotopic (exact) mass is 382 g/mol. The van der Waals surface area contributed by atoms with Gasteiger partial charge in [-0.25, -0.2) is 9.97 Å². The van der Waals surface area contributed by atoms with E-state index in [0.29, 0.717) is 5.82 Å². The van der Waals surface area contributed by atoms with Crippen molar-refractivity contribution in [2.24, 2.45) is 0 Å². The molecule has 0 atom stereocenters. The standard InChI is InChI=1S/C22H30N4S/c1-4-5-13-19-25-20-21(16(2)17(3)24-22(20)23)26(19)14-9-10-15-27-18-11-7-6-8-12-18/h6-8,11-12H,4-5,9-10,13-15H2,1-3H3,(H2,23,24). The van der Waals surface area contributed by atoms with Gasteiger partial charge in [0.15, 0.2) is 5.82 Å². The molecule has 5 heteroatoms. The van der Waals surface area contributed by atoms with Crippen LogP contribution < -0.4 is 5.73 Å². The van der Waals surface area contributed by atoms with Crippen LogP contribution in [0.5, 0.6) is 0 Å². The lowest BCUT2D eigenvalue weighted by molar-refractivity contribution is 0.605. The number of imidazole rings is 1. The highest BCUT2D eigenvalue weighted by molar-refractivity contribution is 7.99. The lowest BCUT2D eigenvalue weighted by Gasteiger charge is -2.12. The van der Waals surface area contributed by atoms with Crippen LogP contribution in [0, 0.1) is 13.8 Å². The summed E-state index contributed by atoms with van der Waals surface area (Å²) in [6.07, 6.45) is 5.65. The Morgan fingerprint density at radius 2 is 1.81 bits per heavy atom. The van der Waals surface area contributed by atoms with Crippen LogP contribution >= 0.6 is 11.8 Å². The van der Waals surface area contributed by atoms with Crippen molar-refractivity contribution in [3.63, 3.8) is 0 Å². The zero-order valence-corrected chi connectivity index (χ0v) is 17.5. The third-order valence-electron chi connectivity index (χ3n) is 5.02. The molecule has 0 aliphatic heterocycles. The normalized spacial score (nSPS) is 11.4. The molecule has 2 heterocycles. The van der Waals surface area contributed by atoms with Gasteiger partial charge < -0.3 is 10.3 Å². The fourth-order valence-electron chi connectivity index (χ4n) is 3.39. The van der Waals surface area contributed by atoms with Crippen LogP contribution in [-0.2, 0) is 13.0 Å². The molecule has 4 nitrogen and oxygen atoms in total. The predicted molar refractivity (Wildman–Crippen MR) is 116 cm³/mol. The number of nitrogen functional groups attached to an aromatic ring is 1. The molecule has 0 aliphatic rings. The topological polar surface area (TPSA) is 56.7 Å². The lowest BCUT2D eigenvalue weighted by Crippen LogP contribution is -2.06. The summed E-state index contributed by atoms with van der Waals surface area (Å²) in [5, 5.41) is 0. The van der Waals surface area contributed by atoms with Crippen molar-refractivity contribution in [3.05, 3.63) is 47.4 Å². The summed E-state index contributed by atoms with van der Waals surface area (Å²) in [5.74, 6) is 2.86. The van der Waals surface area contributed by atoms with E-state index in [2.05, 4.69) is 53.7 Å². The van der Waals surface area contributed by atoms with E-state index in [0.717, 1.165) is 48.6 Å². The van der Waals surface area contributed by atoms with Gasteiger partial charge in [-0.05, 0) is 56.6 Å². The number of thioether (sulfide) groups is 1. The van der Waals surface area contributed by atoms with E-state index in [1.807, 2.05) is 18.7 Å². The quantitative estimate of drug-likeness (QED) is 0.390. The summed E-state index contributed by atoms with van der Waals surface area (Å²) < 4.78 is 2.40. The van der Waals surface area contributed by atoms with Gasteiger partial charge in [0.25, 0.3) is 0 Å². The van der Waals surface area contributed by atoms with Crippen LogP contribution in [0.1, 0.15) is 49.7 Å². The number of pyridine rings is 1. The van der Waals surface area contributed by atoms with Crippen molar-refractivity contribution in [3.8, 4) is 0 Å². The zero-order chi connectivity index (χ0) is 19.2. The summed E-state index contributed by atoms with van der Waals surface area (Å²) in [6.45, 7) is 7.38.